The first-order chi connectivity index (χ1) is 8.67. The van der Waals surface area contributed by atoms with E-state index < -0.39 is 0 Å². The molecule has 0 aromatic carbocycles. The summed E-state index contributed by atoms with van der Waals surface area (Å²) in [6.45, 7) is 2.94. The van der Waals surface area contributed by atoms with Crippen LogP contribution in [0, 0.1) is 2.88 Å². The Morgan fingerprint density at radius 2 is 2.44 bits per heavy atom. The Hall–Kier alpha value is -0.150. The standard InChI is InChI=1S/C11H14ClIN4S/c1-2-3-17-11(8(12)5-15-17)10(16-14)7-4-9(13)18-6-7/h4-6,10,16H,2-3,14H2,1H3. The fraction of sp³-hybridized carbons (Fsp3) is 0.364. The van der Waals surface area contributed by atoms with Gasteiger partial charge in [0, 0.05) is 6.54 Å². The predicted molar refractivity (Wildman–Crippen MR) is 83.7 cm³/mol. The summed E-state index contributed by atoms with van der Waals surface area (Å²) in [5.74, 6) is 5.69. The zero-order valence-corrected chi connectivity index (χ0v) is 13.6. The van der Waals surface area contributed by atoms with Crippen molar-refractivity contribution in [3.05, 3.63) is 36.8 Å². The number of thiophene rings is 1. The van der Waals surface area contributed by atoms with E-state index in [0.717, 1.165) is 24.2 Å². The molecule has 0 radical (unpaired) electrons. The van der Waals surface area contributed by atoms with E-state index in [9.17, 15) is 0 Å². The molecule has 4 nitrogen and oxygen atoms in total. The highest BCUT2D eigenvalue weighted by atomic mass is 127. The quantitative estimate of drug-likeness (QED) is 0.464. The van der Waals surface area contributed by atoms with Gasteiger partial charge in [0.05, 0.1) is 25.8 Å². The van der Waals surface area contributed by atoms with Gasteiger partial charge in [0.25, 0.3) is 0 Å². The van der Waals surface area contributed by atoms with Crippen molar-refractivity contribution in [3.8, 4) is 0 Å². The molecule has 18 heavy (non-hydrogen) atoms. The van der Waals surface area contributed by atoms with Gasteiger partial charge < -0.3 is 0 Å². The average molecular weight is 397 g/mol. The number of hydrazine groups is 1. The second kappa shape index (κ2) is 6.33. The van der Waals surface area contributed by atoms with E-state index in [1.165, 1.54) is 2.88 Å². The van der Waals surface area contributed by atoms with Gasteiger partial charge in [-0.2, -0.15) is 5.10 Å². The van der Waals surface area contributed by atoms with Crippen LogP contribution in [0.25, 0.3) is 0 Å². The molecule has 0 fully saturated rings. The van der Waals surface area contributed by atoms with Crippen LogP contribution < -0.4 is 11.3 Å². The average Bonchev–Trinajstić information content (AvgIpc) is 2.91. The van der Waals surface area contributed by atoms with Crippen LogP contribution in [-0.2, 0) is 6.54 Å². The fourth-order valence-corrected chi connectivity index (χ4v) is 3.50. The summed E-state index contributed by atoms with van der Waals surface area (Å²) in [6.07, 6.45) is 2.68. The van der Waals surface area contributed by atoms with E-state index in [4.69, 9.17) is 17.4 Å². The minimum atomic E-state index is -0.119. The van der Waals surface area contributed by atoms with E-state index in [1.54, 1.807) is 17.5 Å². The van der Waals surface area contributed by atoms with Crippen molar-refractivity contribution in [2.24, 2.45) is 5.84 Å². The molecule has 2 rings (SSSR count). The predicted octanol–water partition coefficient (Wildman–Crippen LogP) is 3.17. The maximum absolute atomic E-state index is 6.23. The van der Waals surface area contributed by atoms with Crippen molar-refractivity contribution < 1.29 is 0 Å². The third kappa shape index (κ3) is 2.88. The highest BCUT2D eigenvalue weighted by Crippen LogP contribution is 2.31. The van der Waals surface area contributed by atoms with Crippen LogP contribution in [-0.4, -0.2) is 9.78 Å². The van der Waals surface area contributed by atoms with Gasteiger partial charge >= 0.3 is 0 Å². The van der Waals surface area contributed by atoms with Crippen molar-refractivity contribution in [1.82, 2.24) is 15.2 Å². The van der Waals surface area contributed by atoms with E-state index in [2.05, 4.69) is 51.5 Å². The summed E-state index contributed by atoms with van der Waals surface area (Å²) in [6, 6.07) is 1.99. The molecule has 1 atom stereocenters. The smallest absolute Gasteiger partial charge is 0.0901 e. The topological polar surface area (TPSA) is 55.9 Å². The maximum atomic E-state index is 6.23. The number of nitrogens with one attached hydrogen (secondary N) is 1. The molecule has 7 heteroatoms. The third-order valence-corrected chi connectivity index (χ3v) is 4.73. The Morgan fingerprint density at radius 1 is 1.67 bits per heavy atom. The molecule has 2 aromatic heterocycles. The highest BCUT2D eigenvalue weighted by molar-refractivity contribution is 14.1. The molecule has 0 saturated heterocycles. The van der Waals surface area contributed by atoms with E-state index >= 15 is 0 Å². The molecule has 3 N–H and O–H groups in total. The Bertz CT molecular complexity index is 525. The molecule has 2 heterocycles. The van der Waals surface area contributed by atoms with Gasteiger partial charge in [-0.15, -0.1) is 11.3 Å². The molecular formula is C11H14ClIN4S. The van der Waals surface area contributed by atoms with Crippen LogP contribution in [0.2, 0.25) is 5.02 Å². The lowest BCUT2D eigenvalue weighted by atomic mass is 10.1. The highest BCUT2D eigenvalue weighted by Gasteiger charge is 2.21. The van der Waals surface area contributed by atoms with Gasteiger partial charge in [-0.25, -0.2) is 5.43 Å². The first-order valence-electron chi connectivity index (χ1n) is 5.58. The number of aromatic nitrogens is 2. The number of hydrogen-bond donors (Lipinski definition) is 2. The summed E-state index contributed by atoms with van der Waals surface area (Å²) >= 11 is 10.2. The second-order valence-corrected chi connectivity index (χ2v) is 7.10. The normalized spacial score (nSPS) is 12.9. The van der Waals surface area contributed by atoms with Gasteiger partial charge in [-0.05, 0) is 46.0 Å². The number of rotatable bonds is 5. The zero-order chi connectivity index (χ0) is 13.1. The SMILES string of the molecule is CCCn1ncc(Cl)c1C(NN)c1csc(I)c1. The van der Waals surface area contributed by atoms with Crippen LogP contribution in [0.1, 0.15) is 30.6 Å². The minimum absolute atomic E-state index is 0.119. The van der Waals surface area contributed by atoms with Gasteiger partial charge in [-0.1, -0.05) is 18.5 Å². The molecule has 0 aliphatic carbocycles. The zero-order valence-electron chi connectivity index (χ0n) is 9.86. The van der Waals surface area contributed by atoms with Gasteiger partial charge in [0.1, 0.15) is 0 Å². The molecule has 1 unspecified atom stereocenters. The molecule has 0 amide bonds. The molecule has 0 aliphatic rings. The van der Waals surface area contributed by atoms with Crippen LogP contribution in [0.5, 0.6) is 0 Å². The molecule has 0 saturated carbocycles. The molecule has 0 spiro atoms. The molecule has 2 aromatic rings. The Labute approximate surface area is 129 Å². The Morgan fingerprint density at radius 3 is 3.00 bits per heavy atom. The summed E-state index contributed by atoms with van der Waals surface area (Å²) in [7, 11) is 0. The fourth-order valence-electron chi connectivity index (χ4n) is 1.86. The molecule has 98 valence electrons. The summed E-state index contributed by atoms with van der Waals surface area (Å²) in [5, 5.41) is 7.03. The van der Waals surface area contributed by atoms with Gasteiger partial charge in [-0.3, -0.25) is 10.5 Å². The number of halogens is 2. The maximum Gasteiger partial charge on any atom is 0.0901 e. The van der Waals surface area contributed by atoms with Crippen LogP contribution in [0.4, 0.5) is 0 Å². The first-order valence-corrected chi connectivity index (χ1v) is 7.92. The number of hydrogen-bond acceptors (Lipinski definition) is 4. The second-order valence-electron chi connectivity index (χ2n) is 3.88. The lowest BCUT2D eigenvalue weighted by Crippen LogP contribution is -2.30. The van der Waals surface area contributed by atoms with Crippen molar-refractivity contribution in [2.75, 3.05) is 0 Å². The van der Waals surface area contributed by atoms with E-state index in [1.807, 2.05) is 4.68 Å². The van der Waals surface area contributed by atoms with E-state index in [0.29, 0.717) is 5.02 Å². The third-order valence-electron chi connectivity index (χ3n) is 2.63. The largest absolute Gasteiger partial charge is 0.271 e. The number of nitrogens with two attached hydrogens (primary N) is 1. The summed E-state index contributed by atoms with van der Waals surface area (Å²) in [5.41, 5.74) is 4.88. The number of nitrogens with zero attached hydrogens (tertiary/aromatic N) is 2. The first kappa shape index (κ1) is 14.3. The van der Waals surface area contributed by atoms with Crippen molar-refractivity contribution >= 4 is 45.5 Å². The van der Waals surface area contributed by atoms with Crippen LogP contribution in [0.15, 0.2) is 17.6 Å². The Balaban J connectivity index is 2.41. The van der Waals surface area contributed by atoms with Crippen molar-refractivity contribution in [1.29, 1.82) is 0 Å². The molecule has 0 aliphatic heterocycles. The molecule has 0 bridgehead atoms. The lowest BCUT2D eigenvalue weighted by molar-refractivity contribution is 0.521. The summed E-state index contributed by atoms with van der Waals surface area (Å²) in [4.78, 5) is 0. The number of aryl methyl sites for hydroxylation is 1. The van der Waals surface area contributed by atoms with Gasteiger partial charge in [0.15, 0.2) is 0 Å². The van der Waals surface area contributed by atoms with Crippen LogP contribution >= 0.6 is 45.5 Å². The Kier molecular flexibility index (Phi) is 5.02. The summed E-state index contributed by atoms with van der Waals surface area (Å²) < 4.78 is 3.14. The monoisotopic (exact) mass is 396 g/mol. The van der Waals surface area contributed by atoms with Crippen molar-refractivity contribution in [3.63, 3.8) is 0 Å². The van der Waals surface area contributed by atoms with E-state index in [-0.39, 0.29) is 6.04 Å². The van der Waals surface area contributed by atoms with Crippen molar-refractivity contribution in [2.45, 2.75) is 25.9 Å². The van der Waals surface area contributed by atoms with Gasteiger partial charge in [0.2, 0.25) is 0 Å². The van der Waals surface area contributed by atoms with Crippen LogP contribution in [0.3, 0.4) is 0 Å². The molecular weight excluding hydrogens is 383 g/mol. The minimum Gasteiger partial charge on any atom is -0.271 e. The lowest BCUT2D eigenvalue weighted by Gasteiger charge is -2.17.